The van der Waals surface area contributed by atoms with Gasteiger partial charge >= 0.3 is 12.1 Å². The lowest BCUT2D eigenvalue weighted by atomic mass is 9.88. The second kappa shape index (κ2) is 5.67. The third-order valence-corrected chi connectivity index (χ3v) is 2.70. The summed E-state index contributed by atoms with van der Waals surface area (Å²) in [5.41, 5.74) is -0.714. The van der Waals surface area contributed by atoms with Crippen LogP contribution in [0, 0.1) is 11.8 Å². The van der Waals surface area contributed by atoms with Crippen LogP contribution < -0.4 is 5.32 Å². The van der Waals surface area contributed by atoms with Crippen molar-refractivity contribution in [1.82, 2.24) is 5.32 Å². The third kappa shape index (κ3) is 4.27. The molecule has 6 nitrogen and oxygen atoms in total. The first-order valence-electron chi connectivity index (χ1n) is 6.04. The number of carbonyl (C=O) groups excluding carboxylic acids is 2. The van der Waals surface area contributed by atoms with E-state index in [2.05, 4.69) is 10.1 Å². The molecule has 0 radical (unpaired) electrons. The van der Waals surface area contributed by atoms with Crippen LogP contribution in [0.5, 0.6) is 0 Å². The lowest BCUT2D eigenvalue weighted by Crippen LogP contribution is -2.50. The summed E-state index contributed by atoms with van der Waals surface area (Å²) in [6.45, 7) is 7.79. The van der Waals surface area contributed by atoms with Gasteiger partial charge in [-0.15, -0.1) is 0 Å². The summed E-state index contributed by atoms with van der Waals surface area (Å²) in [6.07, 6.45) is -1.83. The molecule has 3 atom stereocenters. The lowest BCUT2D eigenvalue weighted by molar-refractivity contribution is -0.152. The Morgan fingerprint density at radius 2 is 1.89 bits per heavy atom. The van der Waals surface area contributed by atoms with Gasteiger partial charge in [0.25, 0.3) is 0 Å². The molecule has 18 heavy (non-hydrogen) atoms. The molecule has 0 amide bonds. The summed E-state index contributed by atoms with van der Waals surface area (Å²) in [5, 5.41) is 12.9. The minimum absolute atomic E-state index is 0.0602. The quantitative estimate of drug-likeness (QED) is 0.532. The van der Waals surface area contributed by atoms with Crippen LogP contribution in [-0.2, 0) is 14.3 Å². The van der Waals surface area contributed by atoms with Gasteiger partial charge in [0, 0.05) is 13.1 Å². The topological polar surface area (TPSA) is 84.9 Å². The summed E-state index contributed by atoms with van der Waals surface area (Å²) < 4.78 is 9.46. The number of hydrogen-bond acceptors (Lipinski definition) is 6. The average molecular weight is 259 g/mol. The molecule has 6 heteroatoms. The van der Waals surface area contributed by atoms with E-state index in [1.165, 1.54) is 0 Å². The molecule has 0 aromatic carbocycles. The molecule has 1 saturated heterocycles. The van der Waals surface area contributed by atoms with Crippen molar-refractivity contribution in [3.63, 3.8) is 0 Å². The van der Waals surface area contributed by atoms with Crippen molar-refractivity contribution in [1.29, 1.82) is 0 Å². The maximum Gasteiger partial charge on any atom is 0.516 e. The Balaban J connectivity index is 2.52. The van der Waals surface area contributed by atoms with E-state index in [0.717, 1.165) is 0 Å². The Labute approximate surface area is 107 Å². The highest BCUT2D eigenvalue weighted by atomic mass is 16.7. The van der Waals surface area contributed by atoms with Crippen LogP contribution >= 0.6 is 0 Å². The van der Waals surface area contributed by atoms with Crippen molar-refractivity contribution < 1.29 is 24.2 Å². The van der Waals surface area contributed by atoms with E-state index in [1.807, 2.05) is 6.92 Å². The fourth-order valence-electron chi connectivity index (χ4n) is 1.76. The Bertz CT molecular complexity index is 323. The molecule has 2 N–H and O–H groups in total. The highest BCUT2D eigenvalue weighted by Gasteiger charge is 2.36. The zero-order valence-electron chi connectivity index (χ0n) is 11.2. The molecule has 0 aromatic heterocycles. The Hall–Kier alpha value is -1.14. The van der Waals surface area contributed by atoms with E-state index in [1.54, 1.807) is 20.8 Å². The normalized spacial score (nSPS) is 28.6. The molecule has 0 aliphatic carbocycles. The fraction of sp³-hybridized carbons (Fsp3) is 0.833. The third-order valence-electron chi connectivity index (χ3n) is 2.70. The van der Waals surface area contributed by atoms with Crippen molar-refractivity contribution >= 4 is 12.1 Å². The number of aliphatic hydroxyl groups excluding tert-OH is 1. The maximum atomic E-state index is 11.7. The van der Waals surface area contributed by atoms with Crippen LogP contribution in [0.3, 0.4) is 0 Å². The van der Waals surface area contributed by atoms with Crippen LogP contribution in [-0.4, -0.2) is 42.0 Å². The van der Waals surface area contributed by atoms with Crippen LogP contribution in [0.15, 0.2) is 0 Å². The van der Waals surface area contributed by atoms with E-state index >= 15 is 0 Å². The van der Waals surface area contributed by atoms with Gasteiger partial charge < -0.3 is 19.9 Å². The first-order valence-corrected chi connectivity index (χ1v) is 6.04. The smallest absolute Gasteiger partial charge is 0.428 e. The molecule has 0 bridgehead atoms. The number of hydrogen-bond donors (Lipinski definition) is 2. The van der Waals surface area contributed by atoms with Gasteiger partial charge in [-0.3, -0.25) is 4.79 Å². The van der Waals surface area contributed by atoms with E-state index in [-0.39, 0.29) is 5.92 Å². The zero-order chi connectivity index (χ0) is 13.9. The van der Waals surface area contributed by atoms with Gasteiger partial charge in [-0.2, -0.15) is 0 Å². The van der Waals surface area contributed by atoms with Crippen molar-refractivity contribution in [2.24, 2.45) is 11.8 Å². The Kier molecular flexibility index (Phi) is 4.70. The minimum atomic E-state index is -1.03. The molecule has 0 aromatic rings. The second-order valence-corrected chi connectivity index (χ2v) is 5.62. The molecule has 0 spiro atoms. The van der Waals surface area contributed by atoms with Gasteiger partial charge in [0.05, 0.1) is 12.0 Å². The largest absolute Gasteiger partial charge is 0.516 e. The molecule has 0 saturated carbocycles. The summed E-state index contributed by atoms with van der Waals surface area (Å²) in [6, 6.07) is 0. The van der Waals surface area contributed by atoms with Gasteiger partial charge in [0.2, 0.25) is 0 Å². The predicted octanol–water partition coefficient (Wildman–Crippen LogP) is 0.681. The molecular formula is C12H21NO5. The molecule has 1 fully saturated rings. The van der Waals surface area contributed by atoms with Gasteiger partial charge in [0.1, 0.15) is 5.60 Å². The van der Waals surface area contributed by atoms with E-state index in [0.29, 0.717) is 13.1 Å². The van der Waals surface area contributed by atoms with Crippen LogP contribution in [0.4, 0.5) is 4.79 Å². The van der Waals surface area contributed by atoms with Gasteiger partial charge in [-0.25, -0.2) is 4.79 Å². The molecule has 104 valence electrons. The highest BCUT2D eigenvalue weighted by Crippen LogP contribution is 2.19. The summed E-state index contributed by atoms with van der Waals surface area (Å²) in [7, 11) is 0. The number of aliphatic hydroxyl groups is 1. The minimum Gasteiger partial charge on any atom is -0.428 e. The van der Waals surface area contributed by atoms with Crippen molar-refractivity contribution in [2.45, 2.75) is 39.4 Å². The number of piperidine rings is 1. The number of nitrogens with one attached hydrogen (secondary N) is 1. The van der Waals surface area contributed by atoms with Gasteiger partial charge in [-0.05, 0) is 26.7 Å². The molecule has 1 heterocycles. The van der Waals surface area contributed by atoms with Gasteiger partial charge in [-0.1, -0.05) is 6.92 Å². The molecule has 3 unspecified atom stereocenters. The van der Waals surface area contributed by atoms with Gasteiger partial charge in [0.15, 0.2) is 0 Å². The van der Waals surface area contributed by atoms with Crippen molar-refractivity contribution in [2.75, 3.05) is 13.1 Å². The first kappa shape index (κ1) is 14.9. The number of carbonyl (C=O) groups is 2. The lowest BCUT2D eigenvalue weighted by Gasteiger charge is -2.31. The SMILES string of the molecule is CC1CNCC(C(=O)OC(=O)OC(C)(C)C)C1O. The fourth-order valence-corrected chi connectivity index (χ4v) is 1.76. The molecule has 1 rings (SSSR count). The standard InChI is InChI=1S/C12H21NO5/c1-7-5-13-6-8(9(7)14)10(15)17-11(16)18-12(2,3)4/h7-9,13-14H,5-6H2,1-4H3. The summed E-state index contributed by atoms with van der Waals surface area (Å²) in [4.78, 5) is 23.1. The predicted molar refractivity (Wildman–Crippen MR) is 63.9 cm³/mol. The molecular weight excluding hydrogens is 238 g/mol. The maximum absolute atomic E-state index is 11.7. The van der Waals surface area contributed by atoms with Crippen molar-refractivity contribution in [3.8, 4) is 0 Å². The summed E-state index contributed by atoms with van der Waals surface area (Å²) >= 11 is 0. The van der Waals surface area contributed by atoms with E-state index in [9.17, 15) is 14.7 Å². The Morgan fingerprint density at radius 1 is 1.28 bits per heavy atom. The average Bonchev–Trinajstić information content (AvgIpc) is 2.18. The monoisotopic (exact) mass is 259 g/mol. The number of ether oxygens (including phenoxy) is 2. The number of esters is 1. The molecule has 1 aliphatic rings. The highest BCUT2D eigenvalue weighted by molar-refractivity contribution is 5.84. The van der Waals surface area contributed by atoms with Crippen LogP contribution in [0.25, 0.3) is 0 Å². The first-order chi connectivity index (χ1) is 8.20. The zero-order valence-corrected chi connectivity index (χ0v) is 11.2. The van der Waals surface area contributed by atoms with E-state index < -0.39 is 29.7 Å². The Morgan fingerprint density at radius 3 is 2.44 bits per heavy atom. The number of rotatable bonds is 1. The van der Waals surface area contributed by atoms with Crippen molar-refractivity contribution in [3.05, 3.63) is 0 Å². The van der Waals surface area contributed by atoms with E-state index in [4.69, 9.17) is 4.74 Å². The van der Waals surface area contributed by atoms with Crippen LogP contribution in [0.2, 0.25) is 0 Å². The summed E-state index contributed by atoms with van der Waals surface area (Å²) in [5.74, 6) is -1.55. The molecule has 1 aliphatic heterocycles. The van der Waals surface area contributed by atoms with Crippen LogP contribution in [0.1, 0.15) is 27.7 Å². The second-order valence-electron chi connectivity index (χ2n) is 5.62.